The van der Waals surface area contributed by atoms with Crippen LogP contribution in [0.5, 0.6) is 0 Å². The maximum atomic E-state index is 12.7. The van der Waals surface area contributed by atoms with Crippen molar-refractivity contribution in [3.8, 4) is 11.4 Å². The van der Waals surface area contributed by atoms with E-state index in [2.05, 4.69) is 9.97 Å². The van der Waals surface area contributed by atoms with Gasteiger partial charge in [0.2, 0.25) is 0 Å². The number of benzene rings is 1. The molecule has 0 aliphatic rings. The van der Waals surface area contributed by atoms with E-state index >= 15 is 0 Å². The molecule has 0 amide bonds. The standard InChI is InChI=1S/C17H13F3N2/c1-10-3-6-15(21-11(10)2)16-7-4-12-9-13(17(18,19)20)5-8-14(12)22-16/h3-9H,1-2H3. The van der Waals surface area contributed by atoms with Crippen molar-refractivity contribution in [2.75, 3.05) is 0 Å². The van der Waals surface area contributed by atoms with Crippen molar-refractivity contribution in [1.82, 2.24) is 9.97 Å². The second-order valence-electron chi connectivity index (χ2n) is 5.20. The second-order valence-corrected chi connectivity index (χ2v) is 5.20. The zero-order chi connectivity index (χ0) is 15.9. The maximum absolute atomic E-state index is 12.7. The fraction of sp³-hybridized carbons (Fsp3) is 0.176. The summed E-state index contributed by atoms with van der Waals surface area (Å²) in [5.41, 5.74) is 3.20. The highest BCUT2D eigenvalue weighted by Crippen LogP contribution is 2.31. The molecule has 0 saturated carbocycles. The summed E-state index contributed by atoms with van der Waals surface area (Å²) in [6, 6.07) is 10.7. The van der Waals surface area contributed by atoms with Crippen molar-refractivity contribution < 1.29 is 13.2 Å². The first-order valence-corrected chi connectivity index (χ1v) is 6.77. The van der Waals surface area contributed by atoms with Crippen LogP contribution in [0, 0.1) is 13.8 Å². The van der Waals surface area contributed by atoms with Crippen LogP contribution in [-0.4, -0.2) is 9.97 Å². The van der Waals surface area contributed by atoms with E-state index in [4.69, 9.17) is 0 Å². The van der Waals surface area contributed by atoms with E-state index in [1.807, 2.05) is 26.0 Å². The van der Waals surface area contributed by atoms with Crippen molar-refractivity contribution in [2.45, 2.75) is 20.0 Å². The molecule has 1 aromatic carbocycles. The summed E-state index contributed by atoms with van der Waals surface area (Å²) in [6.45, 7) is 3.88. The van der Waals surface area contributed by atoms with Gasteiger partial charge in [0.1, 0.15) is 0 Å². The third kappa shape index (κ3) is 2.66. The molecule has 0 aliphatic heterocycles. The zero-order valence-electron chi connectivity index (χ0n) is 12.1. The normalized spacial score (nSPS) is 11.9. The monoisotopic (exact) mass is 302 g/mol. The molecule has 5 heteroatoms. The number of hydrogen-bond donors (Lipinski definition) is 0. The maximum Gasteiger partial charge on any atom is 0.416 e. The van der Waals surface area contributed by atoms with Gasteiger partial charge >= 0.3 is 6.18 Å². The van der Waals surface area contributed by atoms with Crippen LogP contribution >= 0.6 is 0 Å². The molecule has 0 saturated heterocycles. The van der Waals surface area contributed by atoms with Crippen LogP contribution < -0.4 is 0 Å². The van der Waals surface area contributed by atoms with E-state index in [1.54, 1.807) is 12.1 Å². The lowest BCUT2D eigenvalue weighted by atomic mass is 10.1. The molecule has 0 N–H and O–H groups in total. The molecule has 0 bridgehead atoms. The summed E-state index contributed by atoms with van der Waals surface area (Å²) in [7, 11) is 0. The summed E-state index contributed by atoms with van der Waals surface area (Å²) < 4.78 is 38.1. The van der Waals surface area contributed by atoms with Crippen LogP contribution in [0.3, 0.4) is 0 Å². The Labute approximate surface area is 125 Å². The Morgan fingerprint density at radius 1 is 0.818 bits per heavy atom. The number of alkyl halides is 3. The number of fused-ring (bicyclic) bond motifs is 1. The van der Waals surface area contributed by atoms with Gasteiger partial charge in [0.15, 0.2) is 0 Å². The van der Waals surface area contributed by atoms with Crippen LogP contribution in [0.2, 0.25) is 0 Å². The van der Waals surface area contributed by atoms with E-state index in [1.165, 1.54) is 6.07 Å². The quantitative estimate of drug-likeness (QED) is 0.637. The Balaban J connectivity index is 2.08. The molecule has 0 spiro atoms. The van der Waals surface area contributed by atoms with Gasteiger partial charge in [0.05, 0.1) is 22.5 Å². The number of hydrogen-bond acceptors (Lipinski definition) is 2. The molecule has 0 unspecified atom stereocenters. The molecular weight excluding hydrogens is 289 g/mol. The predicted octanol–water partition coefficient (Wildman–Crippen LogP) is 4.93. The minimum absolute atomic E-state index is 0.461. The molecule has 0 aliphatic carbocycles. The minimum Gasteiger partial charge on any atom is -0.251 e. The van der Waals surface area contributed by atoms with Crippen molar-refractivity contribution in [2.24, 2.45) is 0 Å². The van der Waals surface area contributed by atoms with Gasteiger partial charge in [-0.1, -0.05) is 12.1 Å². The van der Waals surface area contributed by atoms with Gasteiger partial charge in [-0.3, -0.25) is 4.98 Å². The average Bonchev–Trinajstić information content (AvgIpc) is 2.48. The first kappa shape index (κ1) is 14.5. The number of aromatic nitrogens is 2. The molecule has 3 rings (SSSR count). The number of halogens is 3. The van der Waals surface area contributed by atoms with Crippen LogP contribution in [0.25, 0.3) is 22.3 Å². The van der Waals surface area contributed by atoms with Gasteiger partial charge < -0.3 is 0 Å². The van der Waals surface area contributed by atoms with E-state index in [9.17, 15) is 13.2 Å². The van der Waals surface area contributed by atoms with Gasteiger partial charge in [-0.25, -0.2) is 4.98 Å². The molecule has 112 valence electrons. The van der Waals surface area contributed by atoms with Crippen molar-refractivity contribution in [3.63, 3.8) is 0 Å². The van der Waals surface area contributed by atoms with Crippen molar-refractivity contribution in [1.29, 1.82) is 0 Å². The number of pyridine rings is 2. The first-order chi connectivity index (χ1) is 10.3. The fourth-order valence-electron chi connectivity index (χ4n) is 2.22. The summed E-state index contributed by atoms with van der Waals surface area (Å²) >= 11 is 0. The highest BCUT2D eigenvalue weighted by molar-refractivity contribution is 5.82. The van der Waals surface area contributed by atoms with E-state index in [0.717, 1.165) is 23.4 Å². The fourth-order valence-corrected chi connectivity index (χ4v) is 2.22. The smallest absolute Gasteiger partial charge is 0.251 e. The van der Waals surface area contributed by atoms with Crippen molar-refractivity contribution >= 4 is 10.9 Å². The van der Waals surface area contributed by atoms with Gasteiger partial charge in [-0.2, -0.15) is 13.2 Å². The average molecular weight is 302 g/mol. The van der Waals surface area contributed by atoms with Crippen LogP contribution in [0.15, 0.2) is 42.5 Å². The highest BCUT2D eigenvalue weighted by atomic mass is 19.4. The van der Waals surface area contributed by atoms with Gasteiger partial charge in [0, 0.05) is 11.1 Å². The van der Waals surface area contributed by atoms with Crippen molar-refractivity contribution in [3.05, 3.63) is 59.3 Å². The van der Waals surface area contributed by atoms with Crippen LogP contribution in [0.1, 0.15) is 16.8 Å². The Hall–Kier alpha value is -2.43. The summed E-state index contributed by atoms with van der Waals surface area (Å²) in [4.78, 5) is 8.87. The predicted molar refractivity (Wildman–Crippen MR) is 79.5 cm³/mol. The summed E-state index contributed by atoms with van der Waals surface area (Å²) in [5.74, 6) is 0. The minimum atomic E-state index is -4.34. The third-order valence-electron chi connectivity index (χ3n) is 3.63. The topological polar surface area (TPSA) is 25.8 Å². The first-order valence-electron chi connectivity index (χ1n) is 6.77. The molecule has 0 radical (unpaired) electrons. The van der Waals surface area contributed by atoms with Crippen LogP contribution in [0.4, 0.5) is 13.2 Å². The van der Waals surface area contributed by atoms with E-state index in [-0.39, 0.29) is 0 Å². The highest BCUT2D eigenvalue weighted by Gasteiger charge is 2.30. The molecule has 0 atom stereocenters. The Morgan fingerprint density at radius 3 is 2.18 bits per heavy atom. The number of nitrogens with zero attached hydrogens (tertiary/aromatic N) is 2. The lowest BCUT2D eigenvalue weighted by Gasteiger charge is -2.09. The lowest BCUT2D eigenvalue weighted by Crippen LogP contribution is -2.04. The lowest BCUT2D eigenvalue weighted by molar-refractivity contribution is -0.137. The second kappa shape index (κ2) is 5.09. The third-order valence-corrected chi connectivity index (χ3v) is 3.63. The Kier molecular flexibility index (Phi) is 3.35. The molecule has 0 fully saturated rings. The molecule has 2 heterocycles. The number of rotatable bonds is 1. The van der Waals surface area contributed by atoms with E-state index in [0.29, 0.717) is 22.3 Å². The molecule has 2 nitrogen and oxygen atoms in total. The van der Waals surface area contributed by atoms with Gasteiger partial charge in [0.25, 0.3) is 0 Å². The largest absolute Gasteiger partial charge is 0.416 e. The molecule has 2 aromatic heterocycles. The van der Waals surface area contributed by atoms with Gasteiger partial charge in [-0.05, 0) is 49.7 Å². The van der Waals surface area contributed by atoms with Gasteiger partial charge in [-0.15, -0.1) is 0 Å². The molecule has 22 heavy (non-hydrogen) atoms. The Bertz CT molecular complexity index is 854. The molecular formula is C17H13F3N2. The SMILES string of the molecule is Cc1ccc(-c2ccc3cc(C(F)(F)F)ccc3n2)nc1C. The zero-order valence-corrected chi connectivity index (χ0v) is 12.1. The van der Waals surface area contributed by atoms with E-state index < -0.39 is 11.7 Å². The Morgan fingerprint density at radius 2 is 1.50 bits per heavy atom. The number of aryl methyl sites for hydroxylation is 2. The van der Waals surface area contributed by atoms with Crippen LogP contribution in [-0.2, 0) is 6.18 Å². The summed E-state index contributed by atoms with van der Waals surface area (Å²) in [6.07, 6.45) is -4.34. The summed E-state index contributed by atoms with van der Waals surface area (Å²) in [5, 5.41) is 0.461. The molecule has 3 aromatic rings.